The van der Waals surface area contributed by atoms with Gasteiger partial charge in [-0.15, -0.1) is 11.3 Å². The van der Waals surface area contributed by atoms with Gasteiger partial charge in [0, 0.05) is 4.88 Å². The van der Waals surface area contributed by atoms with Crippen molar-refractivity contribution in [3.05, 3.63) is 50.6 Å². The molecule has 0 aliphatic rings. The summed E-state index contributed by atoms with van der Waals surface area (Å²) in [7, 11) is 0. The summed E-state index contributed by atoms with van der Waals surface area (Å²) < 4.78 is 0.704. The number of nitrogens with one attached hydrogen (secondary N) is 2. The first-order chi connectivity index (χ1) is 9.06. The van der Waals surface area contributed by atoms with E-state index in [1.165, 1.54) is 11.3 Å². The summed E-state index contributed by atoms with van der Waals surface area (Å²) in [5, 5.41) is 6.04. The highest BCUT2D eigenvalue weighted by Gasteiger charge is 2.12. The molecule has 100 valence electrons. The van der Waals surface area contributed by atoms with E-state index in [9.17, 15) is 4.79 Å². The maximum Gasteiger partial charge on any atom is 0.319 e. The lowest BCUT2D eigenvalue weighted by atomic mass is 10.3. The monoisotopic (exact) mass is 314 g/mol. The minimum absolute atomic E-state index is 0.111. The Labute approximate surface area is 125 Å². The molecule has 6 heteroatoms. The lowest BCUT2D eigenvalue weighted by molar-refractivity contribution is 0.249. The molecule has 3 nitrogen and oxygen atoms in total. The van der Waals surface area contributed by atoms with Crippen LogP contribution < -0.4 is 10.6 Å². The lowest BCUT2D eigenvalue weighted by Crippen LogP contribution is -2.30. The molecular weight excluding hydrogens is 303 g/mol. The number of halogens is 2. The number of hydrogen-bond donors (Lipinski definition) is 2. The Kier molecular flexibility index (Phi) is 4.69. The van der Waals surface area contributed by atoms with Crippen LogP contribution in [0.5, 0.6) is 0 Å². The van der Waals surface area contributed by atoms with Crippen molar-refractivity contribution in [2.24, 2.45) is 0 Å². The third-order valence-electron chi connectivity index (χ3n) is 2.49. The maximum atomic E-state index is 11.8. The number of benzene rings is 1. The van der Waals surface area contributed by atoms with Gasteiger partial charge in [-0.3, -0.25) is 0 Å². The van der Waals surface area contributed by atoms with Crippen molar-refractivity contribution in [1.82, 2.24) is 5.32 Å². The van der Waals surface area contributed by atoms with E-state index < -0.39 is 0 Å². The maximum absolute atomic E-state index is 11.8. The number of thiophene rings is 1. The van der Waals surface area contributed by atoms with Gasteiger partial charge in [0.2, 0.25) is 0 Å². The number of carbonyl (C=O) groups is 1. The summed E-state index contributed by atoms with van der Waals surface area (Å²) >= 11 is 13.3. The molecule has 1 atom stereocenters. The van der Waals surface area contributed by atoms with Crippen LogP contribution in [0, 0.1) is 0 Å². The van der Waals surface area contributed by atoms with Crippen molar-refractivity contribution in [1.29, 1.82) is 0 Å². The fraction of sp³-hybridized carbons (Fsp3) is 0.154. The van der Waals surface area contributed by atoms with Crippen molar-refractivity contribution < 1.29 is 4.79 Å². The topological polar surface area (TPSA) is 41.1 Å². The summed E-state index contributed by atoms with van der Waals surface area (Å²) in [6.45, 7) is 1.90. The van der Waals surface area contributed by atoms with Crippen LogP contribution in [0.25, 0.3) is 0 Å². The van der Waals surface area contributed by atoms with E-state index in [-0.39, 0.29) is 12.1 Å². The van der Waals surface area contributed by atoms with Gasteiger partial charge in [0.15, 0.2) is 0 Å². The second-order valence-corrected chi connectivity index (χ2v) is 6.10. The van der Waals surface area contributed by atoms with Gasteiger partial charge in [0.25, 0.3) is 0 Å². The van der Waals surface area contributed by atoms with Crippen molar-refractivity contribution in [3.8, 4) is 0 Å². The highest BCUT2D eigenvalue weighted by Crippen LogP contribution is 2.27. The zero-order valence-electron chi connectivity index (χ0n) is 10.1. The molecule has 0 spiro atoms. The van der Waals surface area contributed by atoms with Crippen LogP contribution in [-0.4, -0.2) is 6.03 Å². The predicted molar refractivity (Wildman–Crippen MR) is 81.4 cm³/mol. The molecule has 1 heterocycles. The van der Waals surface area contributed by atoms with Crippen molar-refractivity contribution in [2.45, 2.75) is 13.0 Å². The molecule has 0 saturated heterocycles. The molecule has 0 saturated carbocycles. The first-order valence-corrected chi connectivity index (χ1v) is 7.21. The van der Waals surface area contributed by atoms with Crippen LogP contribution >= 0.6 is 34.5 Å². The standard InChI is InChI=1S/C13H12Cl2N2OS/c1-8(11-6-7-12(15)19-11)16-13(18)17-10-5-3-2-4-9(10)14/h2-8H,1H3,(H2,16,17,18)/t8-/m0/s1. The number of hydrogen-bond acceptors (Lipinski definition) is 2. The number of carbonyl (C=O) groups excluding carboxylic acids is 1. The Bertz CT molecular complexity index is 586. The zero-order valence-corrected chi connectivity index (χ0v) is 12.4. The van der Waals surface area contributed by atoms with E-state index in [1.54, 1.807) is 12.1 Å². The Morgan fingerprint density at radius 2 is 1.95 bits per heavy atom. The molecule has 0 aliphatic heterocycles. The molecule has 0 unspecified atom stereocenters. The van der Waals surface area contributed by atoms with E-state index >= 15 is 0 Å². The van der Waals surface area contributed by atoms with Gasteiger partial charge in [-0.1, -0.05) is 35.3 Å². The Morgan fingerprint density at radius 3 is 2.58 bits per heavy atom. The summed E-state index contributed by atoms with van der Waals surface area (Å²) in [5.41, 5.74) is 0.582. The van der Waals surface area contributed by atoms with E-state index in [0.717, 1.165) is 4.88 Å². The van der Waals surface area contributed by atoms with Crippen LogP contribution in [0.3, 0.4) is 0 Å². The first kappa shape index (κ1) is 14.2. The molecule has 2 aromatic rings. The third kappa shape index (κ3) is 3.86. The molecule has 0 fully saturated rings. The fourth-order valence-corrected chi connectivity index (χ4v) is 2.80. The normalized spacial score (nSPS) is 11.9. The number of amides is 2. The van der Waals surface area contributed by atoms with Crippen molar-refractivity contribution >= 4 is 46.3 Å². The number of para-hydroxylation sites is 1. The van der Waals surface area contributed by atoms with Gasteiger partial charge in [-0.2, -0.15) is 0 Å². The van der Waals surface area contributed by atoms with Crippen molar-refractivity contribution in [2.75, 3.05) is 5.32 Å². The fourth-order valence-electron chi connectivity index (χ4n) is 1.55. The highest BCUT2D eigenvalue weighted by atomic mass is 35.5. The third-order valence-corrected chi connectivity index (χ3v) is 4.23. The molecule has 2 N–H and O–H groups in total. The summed E-state index contributed by atoms with van der Waals surface area (Å²) in [6.07, 6.45) is 0. The Balaban J connectivity index is 1.96. The van der Waals surface area contributed by atoms with E-state index in [1.807, 2.05) is 31.2 Å². The van der Waals surface area contributed by atoms with Crippen LogP contribution in [-0.2, 0) is 0 Å². The van der Waals surface area contributed by atoms with Gasteiger partial charge in [0.05, 0.1) is 21.1 Å². The average molecular weight is 315 g/mol. The van der Waals surface area contributed by atoms with E-state index in [2.05, 4.69) is 10.6 Å². The van der Waals surface area contributed by atoms with Gasteiger partial charge in [-0.25, -0.2) is 4.79 Å². The summed E-state index contributed by atoms with van der Waals surface area (Å²) in [5.74, 6) is 0. The van der Waals surface area contributed by atoms with E-state index in [4.69, 9.17) is 23.2 Å². The first-order valence-electron chi connectivity index (χ1n) is 5.63. The summed E-state index contributed by atoms with van der Waals surface area (Å²) in [4.78, 5) is 12.8. The SMILES string of the molecule is C[C@H](NC(=O)Nc1ccccc1Cl)c1ccc(Cl)s1. The van der Waals surface area contributed by atoms with Crippen LogP contribution in [0.4, 0.5) is 10.5 Å². The second-order valence-electron chi connectivity index (χ2n) is 3.94. The minimum Gasteiger partial charge on any atom is -0.331 e. The predicted octanol–water partition coefficient (Wildman–Crippen LogP) is 4.94. The highest BCUT2D eigenvalue weighted by molar-refractivity contribution is 7.16. The largest absolute Gasteiger partial charge is 0.331 e. The molecule has 2 amide bonds. The molecule has 2 rings (SSSR count). The molecule has 19 heavy (non-hydrogen) atoms. The van der Waals surface area contributed by atoms with E-state index in [0.29, 0.717) is 15.0 Å². The van der Waals surface area contributed by atoms with Gasteiger partial charge in [0.1, 0.15) is 0 Å². The quantitative estimate of drug-likeness (QED) is 0.828. The minimum atomic E-state index is -0.301. The second kappa shape index (κ2) is 6.28. The van der Waals surface area contributed by atoms with Gasteiger partial charge in [-0.05, 0) is 31.2 Å². The van der Waals surface area contributed by atoms with Crippen LogP contribution in [0.1, 0.15) is 17.8 Å². The molecule has 0 radical (unpaired) electrons. The van der Waals surface area contributed by atoms with Gasteiger partial charge < -0.3 is 10.6 Å². The molecule has 1 aromatic carbocycles. The average Bonchev–Trinajstić information content (AvgIpc) is 2.79. The molecule has 1 aromatic heterocycles. The summed E-state index contributed by atoms with van der Waals surface area (Å²) in [6, 6.07) is 10.4. The van der Waals surface area contributed by atoms with Crippen LogP contribution in [0.15, 0.2) is 36.4 Å². The molecule has 0 bridgehead atoms. The molecular formula is C13H12Cl2N2OS. The number of rotatable bonds is 3. The number of urea groups is 1. The zero-order chi connectivity index (χ0) is 13.8. The number of anilines is 1. The Morgan fingerprint density at radius 1 is 1.21 bits per heavy atom. The Hall–Kier alpha value is -1.23. The smallest absolute Gasteiger partial charge is 0.319 e. The lowest BCUT2D eigenvalue weighted by Gasteiger charge is -2.13. The van der Waals surface area contributed by atoms with Gasteiger partial charge >= 0.3 is 6.03 Å². The molecule has 0 aliphatic carbocycles. The van der Waals surface area contributed by atoms with Crippen molar-refractivity contribution in [3.63, 3.8) is 0 Å². The van der Waals surface area contributed by atoms with Crippen LogP contribution in [0.2, 0.25) is 9.36 Å².